The number of carbonyl (C=O) groups is 2. The van der Waals surface area contributed by atoms with Crippen LogP contribution in [-0.4, -0.2) is 61.4 Å². The molecule has 7 heteroatoms. The molecule has 2 amide bonds. The van der Waals surface area contributed by atoms with Crippen LogP contribution in [-0.2, 0) is 16.0 Å². The smallest absolute Gasteiger partial charge is 0.313 e. The second-order valence-corrected chi connectivity index (χ2v) is 12.3. The number of anilines is 3. The number of aryl methyl sites for hydroxylation is 1. The number of piperidine rings is 3. The molecular weight excluding hydrogens is 486 g/mol. The van der Waals surface area contributed by atoms with Gasteiger partial charge in [-0.05, 0) is 111 Å². The van der Waals surface area contributed by atoms with Gasteiger partial charge in [-0.2, -0.15) is 0 Å². The molecule has 3 N–H and O–H groups in total. The van der Waals surface area contributed by atoms with Gasteiger partial charge in [0.25, 0.3) is 0 Å². The second-order valence-electron chi connectivity index (χ2n) is 12.3. The van der Waals surface area contributed by atoms with Crippen LogP contribution in [0.1, 0.15) is 69.5 Å². The molecule has 5 rings (SSSR count). The molecule has 3 fully saturated rings. The van der Waals surface area contributed by atoms with Crippen molar-refractivity contribution in [3.8, 4) is 0 Å². The molecule has 3 saturated heterocycles. The van der Waals surface area contributed by atoms with Crippen molar-refractivity contribution in [2.24, 2.45) is 11.3 Å². The molecule has 3 heterocycles. The number of nitrogens with two attached hydrogens (primary N) is 1. The van der Waals surface area contributed by atoms with E-state index in [2.05, 4.69) is 53.4 Å². The average Bonchev–Trinajstić information content (AvgIpc) is 2.94. The Labute approximate surface area is 233 Å². The van der Waals surface area contributed by atoms with Gasteiger partial charge in [0, 0.05) is 43.2 Å². The Bertz CT molecular complexity index is 1170. The highest BCUT2D eigenvalue weighted by Crippen LogP contribution is 2.41. The van der Waals surface area contributed by atoms with Gasteiger partial charge in [0.05, 0.1) is 6.04 Å². The molecule has 0 bridgehead atoms. The van der Waals surface area contributed by atoms with E-state index in [4.69, 9.17) is 5.73 Å². The molecule has 2 aromatic rings. The van der Waals surface area contributed by atoms with Crippen molar-refractivity contribution < 1.29 is 9.59 Å². The topological polar surface area (TPSA) is 81.9 Å². The van der Waals surface area contributed by atoms with Crippen LogP contribution in [0.15, 0.2) is 42.5 Å². The van der Waals surface area contributed by atoms with Crippen molar-refractivity contribution in [1.29, 1.82) is 0 Å². The zero-order valence-electron chi connectivity index (χ0n) is 23.9. The van der Waals surface area contributed by atoms with Crippen LogP contribution in [0.25, 0.3) is 0 Å². The van der Waals surface area contributed by atoms with Crippen LogP contribution >= 0.6 is 0 Å². The van der Waals surface area contributed by atoms with Crippen molar-refractivity contribution in [1.82, 2.24) is 9.80 Å². The minimum absolute atomic E-state index is 0.0893. The summed E-state index contributed by atoms with van der Waals surface area (Å²) in [5.41, 5.74) is 11.1. The third-order valence-electron chi connectivity index (χ3n) is 9.37. The third-order valence-corrected chi connectivity index (χ3v) is 9.37. The Balaban J connectivity index is 1.25. The lowest BCUT2D eigenvalue weighted by Gasteiger charge is -2.47. The maximum Gasteiger partial charge on any atom is 0.313 e. The molecule has 0 saturated carbocycles. The Kier molecular flexibility index (Phi) is 8.17. The Hall–Kier alpha value is -3.06. The first-order valence-corrected chi connectivity index (χ1v) is 14.8. The highest BCUT2D eigenvalue weighted by Gasteiger charge is 2.38. The summed E-state index contributed by atoms with van der Waals surface area (Å²) in [6, 6.07) is 14.1. The van der Waals surface area contributed by atoms with E-state index in [1.165, 1.54) is 44.5 Å². The van der Waals surface area contributed by atoms with Crippen molar-refractivity contribution >= 4 is 28.9 Å². The van der Waals surface area contributed by atoms with Crippen molar-refractivity contribution in [2.45, 2.75) is 64.8 Å². The number of hydrogen-bond donors (Lipinski definition) is 2. The van der Waals surface area contributed by atoms with Gasteiger partial charge in [-0.1, -0.05) is 26.0 Å². The van der Waals surface area contributed by atoms with E-state index in [1.54, 1.807) is 17.0 Å². The predicted octanol–water partition coefficient (Wildman–Crippen LogP) is 5.08. The summed E-state index contributed by atoms with van der Waals surface area (Å²) in [6.45, 7) is 9.42. The lowest BCUT2D eigenvalue weighted by atomic mass is 9.72. The Morgan fingerprint density at radius 2 is 1.77 bits per heavy atom. The van der Waals surface area contributed by atoms with E-state index in [9.17, 15) is 9.59 Å². The van der Waals surface area contributed by atoms with Crippen LogP contribution in [0.3, 0.4) is 0 Å². The maximum absolute atomic E-state index is 13.4. The molecule has 2 atom stereocenters. The van der Waals surface area contributed by atoms with Crippen LogP contribution in [0.4, 0.5) is 17.1 Å². The molecule has 0 unspecified atom stereocenters. The normalized spacial score (nSPS) is 23.6. The van der Waals surface area contributed by atoms with Crippen LogP contribution < -0.4 is 16.0 Å². The van der Waals surface area contributed by atoms with E-state index in [-0.39, 0.29) is 6.04 Å². The van der Waals surface area contributed by atoms with E-state index in [0.717, 1.165) is 43.5 Å². The van der Waals surface area contributed by atoms with Crippen LogP contribution in [0.5, 0.6) is 0 Å². The summed E-state index contributed by atoms with van der Waals surface area (Å²) < 4.78 is 0. The third kappa shape index (κ3) is 6.08. The van der Waals surface area contributed by atoms with Gasteiger partial charge in [-0.15, -0.1) is 0 Å². The van der Waals surface area contributed by atoms with Crippen molar-refractivity contribution in [3.05, 3.63) is 53.6 Å². The number of rotatable bonds is 4. The Morgan fingerprint density at radius 1 is 1.03 bits per heavy atom. The number of nitrogens with one attached hydrogen (secondary N) is 1. The van der Waals surface area contributed by atoms with Crippen molar-refractivity contribution in [2.75, 3.05) is 55.7 Å². The van der Waals surface area contributed by atoms with Crippen molar-refractivity contribution in [3.63, 3.8) is 0 Å². The average molecular weight is 532 g/mol. The van der Waals surface area contributed by atoms with Crippen LogP contribution in [0, 0.1) is 11.3 Å². The van der Waals surface area contributed by atoms with E-state index < -0.39 is 11.8 Å². The fourth-order valence-corrected chi connectivity index (χ4v) is 7.04. The molecule has 210 valence electrons. The van der Waals surface area contributed by atoms with Crippen LogP contribution in [0.2, 0.25) is 0 Å². The number of likely N-dealkylation sites (tertiary alicyclic amines) is 2. The number of hydrogen-bond acceptors (Lipinski definition) is 5. The molecule has 1 spiro atoms. The maximum atomic E-state index is 13.4. The number of amides is 2. The largest absolute Gasteiger partial charge is 0.399 e. The second kappa shape index (κ2) is 11.6. The first kappa shape index (κ1) is 27.5. The quantitative estimate of drug-likeness (QED) is 0.425. The van der Waals surface area contributed by atoms with Gasteiger partial charge in [0.1, 0.15) is 0 Å². The fraction of sp³-hybridized carbons (Fsp3) is 0.562. The first-order valence-electron chi connectivity index (χ1n) is 14.8. The number of benzene rings is 2. The molecule has 39 heavy (non-hydrogen) atoms. The van der Waals surface area contributed by atoms with Gasteiger partial charge < -0.3 is 25.8 Å². The minimum Gasteiger partial charge on any atom is -0.399 e. The van der Waals surface area contributed by atoms with Gasteiger partial charge in [0.15, 0.2) is 0 Å². The SMILES string of the molecule is CCc1cc(NC(=O)C(=O)N2C[C@@H](C)CC[C@@H]2c2ccc(N3CCC4(CCCN(C)C4)CC3)cc2)ccc1N. The number of carbonyl (C=O) groups excluding carboxylic acids is 2. The van der Waals surface area contributed by atoms with Gasteiger partial charge in [-0.25, -0.2) is 0 Å². The summed E-state index contributed by atoms with van der Waals surface area (Å²) in [4.78, 5) is 33.3. The first-order chi connectivity index (χ1) is 18.8. The molecule has 3 aliphatic heterocycles. The van der Waals surface area contributed by atoms with Gasteiger partial charge >= 0.3 is 11.8 Å². The molecule has 2 aromatic carbocycles. The van der Waals surface area contributed by atoms with E-state index in [1.807, 2.05) is 13.0 Å². The minimum atomic E-state index is -0.590. The molecule has 0 aliphatic carbocycles. The molecule has 0 radical (unpaired) electrons. The number of nitrogen functional groups attached to an aromatic ring is 1. The lowest BCUT2D eigenvalue weighted by molar-refractivity contribution is -0.146. The Morgan fingerprint density at radius 3 is 2.46 bits per heavy atom. The summed E-state index contributed by atoms with van der Waals surface area (Å²) in [5, 5.41) is 2.81. The molecule has 7 nitrogen and oxygen atoms in total. The molecular formula is C32H45N5O2. The lowest BCUT2D eigenvalue weighted by Crippen LogP contribution is -2.48. The summed E-state index contributed by atoms with van der Waals surface area (Å²) in [6.07, 6.45) is 7.85. The monoisotopic (exact) mass is 531 g/mol. The summed E-state index contributed by atoms with van der Waals surface area (Å²) >= 11 is 0. The predicted molar refractivity (Wildman–Crippen MR) is 159 cm³/mol. The van der Waals surface area contributed by atoms with Gasteiger partial charge in [-0.3, -0.25) is 9.59 Å². The standard InChI is InChI=1S/C32H45N5O2/c1-4-24-20-26(9-12-28(24)33)34-30(38)31(39)37-21-23(2)6-13-29(37)25-7-10-27(11-8-25)36-18-15-32(16-19-36)14-5-17-35(3)22-32/h7-12,20,23,29H,4-6,13-19,21-22,33H2,1-3H3,(H,34,38)/t23-,29+/m0/s1. The van der Waals surface area contributed by atoms with Gasteiger partial charge in [0.2, 0.25) is 0 Å². The summed E-state index contributed by atoms with van der Waals surface area (Å²) in [5.74, 6) is -0.697. The summed E-state index contributed by atoms with van der Waals surface area (Å²) in [7, 11) is 2.26. The molecule has 0 aromatic heterocycles. The zero-order valence-corrected chi connectivity index (χ0v) is 23.9. The molecule has 3 aliphatic rings. The number of nitrogens with zero attached hydrogens (tertiary/aromatic N) is 3. The highest BCUT2D eigenvalue weighted by molar-refractivity contribution is 6.39. The highest BCUT2D eigenvalue weighted by atomic mass is 16.2. The van der Waals surface area contributed by atoms with E-state index >= 15 is 0 Å². The zero-order chi connectivity index (χ0) is 27.6. The fourth-order valence-electron chi connectivity index (χ4n) is 7.04. The van der Waals surface area contributed by atoms with E-state index in [0.29, 0.717) is 29.3 Å².